The van der Waals surface area contributed by atoms with Crippen molar-refractivity contribution in [2.75, 3.05) is 5.32 Å². The van der Waals surface area contributed by atoms with E-state index in [1.54, 1.807) is 12.1 Å². The van der Waals surface area contributed by atoms with Gasteiger partial charge in [-0.05, 0) is 30.7 Å². The van der Waals surface area contributed by atoms with Crippen LogP contribution in [-0.2, 0) is 30.8 Å². The second-order valence-corrected chi connectivity index (χ2v) is 9.28. The molecule has 0 radical (unpaired) electrons. The molecule has 222 valence electrons. The summed E-state index contributed by atoms with van der Waals surface area (Å²) in [6.07, 6.45) is -3.85. The number of aryl methyl sites for hydroxylation is 2. The Morgan fingerprint density at radius 3 is 2.62 bits per heavy atom. The van der Waals surface area contributed by atoms with Crippen LogP contribution in [-0.4, -0.2) is 54.3 Å². The Balaban J connectivity index is 1.21. The molecule has 0 fully saturated rings. The van der Waals surface area contributed by atoms with Gasteiger partial charge in [0, 0.05) is 25.1 Å². The zero-order valence-electron chi connectivity index (χ0n) is 22.1. The lowest BCUT2D eigenvalue weighted by atomic mass is 10.1. The van der Waals surface area contributed by atoms with E-state index in [9.17, 15) is 31.5 Å². The van der Waals surface area contributed by atoms with Crippen LogP contribution in [0.1, 0.15) is 33.6 Å². The molecule has 1 atom stereocenters. The van der Waals surface area contributed by atoms with Gasteiger partial charge in [-0.3, -0.25) is 14.3 Å². The minimum absolute atomic E-state index is 0.00316. The zero-order chi connectivity index (χ0) is 30.3. The molecule has 2 aromatic heterocycles. The Morgan fingerprint density at radius 1 is 1.05 bits per heavy atom. The normalized spacial score (nSPS) is 12.1. The zero-order valence-corrected chi connectivity index (χ0v) is 22.1. The fraction of sp³-hybridized carbons (Fsp3) is 0.308. The van der Waals surface area contributed by atoms with Crippen molar-refractivity contribution in [1.29, 1.82) is 0 Å². The molecule has 0 saturated heterocycles. The quantitative estimate of drug-likeness (QED) is 0.240. The van der Waals surface area contributed by atoms with Gasteiger partial charge in [0.2, 0.25) is 5.91 Å². The summed E-state index contributed by atoms with van der Waals surface area (Å²) in [5.74, 6) is -1.98. The van der Waals surface area contributed by atoms with Crippen molar-refractivity contribution in [3.63, 3.8) is 0 Å². The Morgan fingerprint density at radius 2 is 1.83 bits per heavy atom. The summed E-state index contributed by atoms with van der Waals surface area (Å²) in [7, 11) is 0. The smallest absolute Gasteiger partial charge is 0.406 e. The molecule has 11 nitrogen and oxygen atoms in total. The number of benzene rings is 2. The molecular weight excluding hydrogens is 567 g/mol. The van der Waals surface area contributed by atoms with Crippen LogP contribution in [0, 0.1) is 12.7 Å². The number of nitrogens with one attached hydrogen (secondary N) is 2. The van der Waals surface area contributed by atoms with Crippen molar-refractivity contribution in [1.82, 2.24) is 35.3 Å². The SMILES string of the molecule is Cc1ccc(F)c(CNC(=O)c2cn(CCC(F)Cn3cc(NC(=O)Cc4cccc(OC(F)(F)F)c4)nn3)nn2)c1. The van der Waals surface area contributed by atoms with Gasteiger partial charge in [0.05, 0.1) is 25.4 Å². The van der Waals surface area contributed by atoms with Gasteiger partial charge in [-0.2, -0.15) is 0 Å². The van der Waals surface area contributed by atoms with Crippen molar-refractivity contribution in [2.24, 2.45) is 0 Å². The molecule has 4 aromatic rings. The number of amides is 2. The lowest BCUT2D eigenvalue weighted by Crippen LogP contribution is -2.23. The molecule has 0 bridgehead atoms. The molecule has 42 heavy (non-hydrogen) atoms. The van der Waals surface area contributed by atoms with Crippen molar-refractivity contribution < 1.29 is 36.3 Å². The Labute approximate surface area is 235 Å². The highest BCUT2D eigenvalue weighted by Gasteiger charge is 2.31. The first-order valence-corrected chi connectivity index (χ1v) is 12.6. The molecule has 2 aromatic carbocycles. The number of anilines is 1. The fourth-order valence-electron chi connectivity index (χ4n) is 3.85. The molecule has 2 amide bonds. The van der Waals surface area contributed by atoms with Crippen LogP contribution in [0.15, 0.2) is 54.9 Å². The van der Waals surface area contributed by atoms with E-state index in [-0.39, 0.29) is 49.6 Å². The highest BCUT2D eigenvalue weighted by atomic mass is 19.4. The molecule has 2 N–H and O–H groups in total. The Bertz CT molecular complexity index is 1540. The second-order valence-electron chi connectivity index (χ2n) is 9.28. The van der Waals surface area contributed by atoms with Gasteiger partial charge in [0.15, 0.2) is 11.5 Å². The Hall–Kier alpha value is -4.89. The summed E-state index contributed by atoms with van der Waals surface area (Å²) in [5, 5.41) is 20.1. The minimum Gasteiger partial charge on any atom is -0.406 e. The maximum absolute atomic E-state index is 14.6. The summed E-state index contributed by atoms with van der Waals surface area (Å²) in [6.45, 7) is 1.69. The second kappa shape index (κ2) is 13.2. The highest BCUT2D eigenvalue weighted by molar-refractivity contribution is 5.92. The maximum atomic E-state index is 14.6. The van der Waals surface area contributed by atoms with E-state index in [1.165, 1.54) is 40.0 Å². The first-order valence-electron chi connectivity index (χ1n) is 12.6. The first-order chi connectivity index (χ1) is 19.9. The summed E-state index contributed by atoms with van der Waals surface area (Å²) in [6, 6.07) is 9.56. The monoisotopic (exact) mass is 592 g/mol. The number of carbonyl (C=O) groups is 2. The molecule has 0 aliphatic rings. The van der Waals surface area contributed by atoms with E-state index in [1.807, 2.05) is 6.92 Å². The number of rotatable bonds is 12. The van der Waals surface area contributed by atoms with E-state index in [0.717, 1.165) is 17.7 Å². The molecule has 0 spiro atoms. The first kappa shape index (κ1) is 30.1. The standard InChI is InChI=1S/C26H25F5N8O3/c1-16-5-6-21(28)18(9-16)12-32-25(41)22-14-38(36-34-22)8-7-19(27)13-39-15-23(35-37-39)33-24(40)11-17-3-2-4-20(10-17)42-26(29,30)31/h2-6,9-10,14-15,19H,7-8,11-13H2,1H3,(H,32,41)(H,33,40). The number of halogens is 5. The third-order valence-electron chi connectivity index (χ3n) is 5.77. The van der Waals surface area contributed by atoms with Crippen LogP contribution < -0.4 is 15.4 Å². The van der Waals surface area contributed by atoms with Crippen LogP contribution in [0.3, 0.4) is 0 Å². The van der Waals surface area contributed by atoms with E-state index in [2.05, 4.69) is 36.0 Å². The summed E-state index contributed by atoms with van der Waals surface area (Å²) < 4.78 is 72.0. The largest absolute Gasteiger partial charge is 0.573 e. The van der Waals surface area contributed by atoms with Gasteiger partial charge in [-0.25, -0.2) is 13.5 Å². The predicted molar refractivity (Wildman–Crippen MR) is 137 cm³/mol. The Kier molecular flexibility index (Phi) is 9.44. The fourth-order valence-corrected chi connectivity index (χ4v) is 3.85. The van der Waals surface area contributed by atoms with Gasteiger partial charge in [-0.1, -0.05) is 40.3 Å². The van der Waals surface area contributed by atoms with Gasteiger partial charge in [0.1, 0.15) is 17.7 Å². The number of aromatic nitrogens is 6. The van der Waals surface area contributed by atoms with Gasteiger partial charge in [0.25, 0.3) is 5.91 Å². The molecule has 0 saturated carbocycles. The average molecular weight is 593 g/mol. The molecular formula is C26H25F5N8O3. The maximum Gasteiger partial charge on any atom is 0.573 e. The van der Waals surface area contributed by atoms with E-state index < -0.39 is 35.9 Å². The van der Waals surface area contributed by atoms with Crippen molar-refractivity contribution >= 4 is 17.6 Å². The summed E-state index contributed by atoms with van der Waals surface area (Å²) >= 11 is 0. The van der Waals surface area contributed by atoms with E-state index in [4.69, 9.17) is 0 Å². The van der Waals surface area contributed by atoms with Crippen molar-refractivity contribution in [2.45, 2.75) is 51.9 Å². The predicted octanol–water partition coefficient (Wildman–Crippen LogP) is 3.76. The lowest BCUT2D eigenvalue weighted by molar-refractivity contribution is -0.274. The van der Waals surface area contributed by atoms with Crippen LogP contribution in [0.5, 0.6) is 5.75 Å². The topological polar surface area (TPSA) is 129 Å². The number of carbonyl (C=O) groups excluding carboxylic acids is 2. The summed E-state index contributed by atoms with van der Waals surface area (Å²) in [4.78, 5) is 24.6. The van der Waals surface area contributed by atoms with Crippen LogP contribution in [0.2, 0.25) is 0 Å². The average Bonchev–Trinajstić information content (AvgIpc) is 3.56. The number of hydrogen-bond donors (Lipinski definition) is 2. The number of alkyl halides is 4. The third kappa shape index (κ3) is 9.07. The van der Waals surface area contributed by atoms with Gasteiger partial charge >= 0.3 is 6.36 Å². The van der Waals surface area contributed by atoms with Gasteiger partial charge in [-0.15, -0.1) is 23.4 Å². The molecule has 4 rings (SSSR count). The number of hydrogen-bond acceptors (Lipinski definition) is 7. The minimum atomic E-state index is -4.85. The van der Waals surface area contributed by atoms with Crippen molar-refractivity contribution in [3.05, 3.63) is 83.1 Å². The van der Waals surface area contributed by atoms with Crippen LogP contribution in [0.4, 0.5) is 27.8 Å². The number of ether oxygens (including phenoxy) is 1. The summed E-state index contributed by atoms with van der Waals surface area (Å²) in [5.41, 5.74) is 1.45. The molecule has 0 aliphatic heterocycles. The number of nitrogens with zero attached hydrogens (tertiary/aromatic N) is 6. The molecule has 1 unspecified atom stereocenters. The molecule has 2 heterocycles. The molecule has 0 aliphatic carbocycles. The lowest BCUT2D eigenvalue weighted by Gasteiger charge is -2.09. The van der Waals surface area contributed by atoms with Crippen LogP contribution in [0.25, 0.3) is 0 Å². The van der Waals surface area contributed by atoms with E-state index in [0.29, 0.717) is 5.56 Å². The van der Waals surface area contributed by atoms with E-state index >= 15 is 0 Å². The third-order valence-corrected chi connectivity index (χ3v) is 5.77. The van der Waals surface area contributed by atoms with Crippen molar-refractivity contribution in [3.8, 4) is 5.75 Å². The van der Waals surface area contributed by atoms with Crippen LogP contribution >= 0.6 is 0 Å². The van der Waals surface area contributed by atoms with Gasteiger partial charge < -0.3 is 15.4 Å². The molecule has 16 heteroatoms. The highest BCUT2D eigenvalue weighted by Crippen LogP contribution is 2.23.